The van der Waals surface area contributed by atoms with Crippen molar-refractivity contribution < 1.29 is 0 Å². The molecule has 0 aliphatic rings. The summed E-state index contributed by atoms with van der Waals surface area (Å²) in [5.74, 6) is 0.413. The van der Waals surface area contributed by atoms with Crippen molar-refractivity contribution in [1.29, 1.82) is 0 Å². The van der Waals surface area contributed by atoms with Crippen LogP contribution in [0.1, 0.15) is 11.3 Å². The van der Waals surface area contributed by atoms with Gasteiger partial charge in [-0.3, -0.25) is 0 Å². The maximum absolute atomic E-state index is 6.10. The lowest BCUT2D eigenvalue weighted by Gasteiger charge is -2.05. The summed E-state index contributed by atoms with van der Waals surface area (Å²) in [6, 6.07) is 5.87. The van der Waals surface area contributed by atoms with Gasteiger partial charge in [0.15, 0.2) is 0 Å². The molecular weight excluding hydrogens is 231 g/mol. The molecule has 0 amide bonds. The van der Waals surface area contributed by atoms with E-state index in [-0.39, 0.29) is 0 Å². The second kappa shape index (κ2) is 4.25. The van der Waals surface area contributed by atoms with Crippen molar-refractivity contribution in [2.75, 3.05) is 0 Å². The van der Waals surface area contributed by atoms with Gasteiger partial charge in [0, 0.05) is 6.20 Å². The van der Waals surface area contributed by atoms with Crippen LogP contribution in [-0.4, -0.2) is 9.55 Å². The van der Waals surface area contributed by atoms with E-state index in [1.165, 1.54) is 0 Å². The van der Waals surface area contributed by atoms with Crippen molar-refractivity contribution in [3.63, 3.8) is 0 Å². The molecule has 0 saturated carbocycles. The maximum Gasteiger partial charge on any atom is 0.0996 e. The Morgan fingerprint density at radius 3 is 2.87 bits per heavy atom. The van der Waals surface area contributed by atoms with Crippen LogP contribution >= 0.6 is 23.2 Å². The average Bonchev–Trinajstić information content (AvgIpc) is 2.70. The van der Waals surface area contributed by atoms with E-state index in [0.717, 1.165) is 16.9 Å². The molecule has 1 heterocycles. The monoisotopic (exact) mass is 240 g/mol. The van der Waals surface area contributed by atoms with Gasteiger partial charge in [-0.25, -0.2) is 4.98 Å². The zero-order chi connectivity index (χ0) is 10.8. The third-order valence-electron chi connectivity index (χ3n) is 2.15. The van der Waals surface area contributed by atoms with Crippen molar-refractivity contribution in [2.24, 2.45) is 0 Å². The molecule has 0 radical (unpaired) electrons. The topological polar surface area (TPSA) is 17.8 Å². The summed E-state index contributed by atoms with van der Waals surface area (Å²) in [5, 5.41) is 0.708. The Morgan fingerprint density at radius 1 is 1.40 bits per heavy atom. The molecular formula is C11H10Cl2N2. The first-order valence-electron chi connectivity index (χ1n) is 4.56. The van der Waals surface area contributed by atoms with Gasteiger partial charge in [0.05, 0.1) is 28.6 Å². The molecule has 0 bridgehead atoms. The maximum atomic E-state index is 6.10. The molecule has 0 spiro atoms. The summed E-state index contributed by atoms with van der Waals surface area (Å²) in [7, 11) is 0. The highest BCUT2D eigenvalue weighted by Crippen LogP contribution is 2.21. The Labute approximate surface area is 98.5 Å². The van der Waals surface area contributed by atoms with Crippen molar-refractivity contribution in [2.45, 2.75) is 12.8 Å². The van der Waals surface area contributed by atoms with Gasteiger partial charge in [-0.05, 0) is 24.6 Å². The number of halogens is 2. The third kappa shape index (κ3) is 2.16. The first-order valence-corrected chi connectivity index (χ1v) is 5.47. The highest BCUT2D eigenvalue weighted by atomic mass is 35.5. The first kappa shape index (κ1) is 10.5. The minimum absolute atomic E-state index is 0.413. The van der Waals surface area contributed by atoms with Gasteiger partial charge in [-0.2, -0.15) is 0 Å². The molecule has 0 atom stereocenters. The molecule has 0 aliphatic carbocycles. The number of aromatic nitrogens is 2. The number of hydrogen-bond acceptors (Lipinski definition) is 1. The van der Waals surface area contributed by atoms with Gasteiger partial charge >= 0.3 is 0 Å². The summed E-state index contributed by atoms with van der Waals surface area (Å²) in [6.07, 6.45) is 3.60. The van der Waals surface area contributed by atoms with E-state index >= 15 is 0 Å². The standard InChI is InChI=1S/C11H10Cl2N2/c1-8-2-3-10(13)11(4-8)15-6-9(5-12)14-7-15/h2-4,6-7H,5H2,1H3. The number of benzene rings is 1. The molecule has 0 aliphatic heterocycles. The van der Waals surface area contributed by atoms with Crippen LogP contribution < -0.4 is 0 Å². The molecule has 2 nitrogen and oxygen atoms in total. The first-order chi connectivity index (χ1) is 7.20. The highest BCUT2D eigenvalue weighted by molar-refractivity contribution is 6.32. The van der Waals surface area contributed by atoms with Crippen molar-refractivity contribution >= 4 is 23.2 Å². The SMILES string of the molecule is Cc1ccc(Cl)c(-n2cnc(CCl)c2)c1. The molecule has 0 saturated heterocycles. The lowest BCUT2D eigenvalue weighted by molar-refractivity contribution is 1.05. The predicted molar refractivity (Wildman–Crippen MR) is 62.9 cm³/mol. The molecule has 1 aromatic heterocycles. The fraction of sp³-hybridized carbons (Fsp3) is 0.182. The summed E-state index contributed by atoms with van der Waals surface area (Å²) in [6.45, 7) is 2.03. The van der Waals surface area contributed by atoms with Crippen LogP contribution in [0.25, 0.3) is 5.69 Å². The van der Waals surface area contributed by atoms with Crippen LogP contribution in [0.2, 0.25) is 5.02 Å². The average molecular weight is 241 g/mol. The number of rotatable bonds is 2. The van der Waals surface area contributed by atoms with Gasteiger partial charge in [0.1, 0.15) is 0 Å². The molecule has 15 heavy (non-hydrogen) atoms. The van der Waals surface area contributed by atoms with E-state index in [1.54, 1.807) is 6.33 Å². The Hall–Kier alpha value is -0.990. The van der Waals surface area contributed by atoms with Gasteiger partial charge in [0.2, 0.25) is 0 Å². The molecule has 2 rings (SSSR count). The predicted octanol–water partition coefficient (Wildman–Crippen LogP) is 3.57. The summed E-state index contributed by atoms with van der Waals surface area (Å²) < 4.78 is 1.88. The van der Waals surface area contributed by atoms with Gasteiger partial charge < -0.3 is 4.57 Å². The second-order valence-electron chi connectivity index (χ2n) is 3.36. The number of alkyl halides is 1. The highest BCUT2D eigenvalue weighted by Gasteiger charge is 2.04. The van der Waals surface area contributed by atoms with E-state index in [2.05, 4.69) is 4.98 Å². The smallest absolute Gasteiger partial charge is 0.0996 e. The minimum Gasteiger partial charge on any atom is -0.304 e. The Balaban J connectivity index is 2.48. The van der Waals surface area contributed by atoms with Crippen molar-refractivity contribution in [1.82, 2.24) is 9.55 Å². The molecule has 0 fully saturated rings. The van der Waals surface area contributed by atoms with E-state index in [9.17, 15) is 0 Å². The quantitative estimate of drug-likeness (QED) is 0.735. The number of imidazole rings is 1. The largest absolute Gasteiger partial charge is 0.304 e. The van der Waals surface area contributed by atoms with Crippen molar-refractivity contribution in [3.05, 3.63) is 47.0 Å². The fourth-order valence-electron chi connectivity index (χ4n) is 1.38. The molecule has 78 valence electrons. The van der Waals surface area contributed by atoms with E-state index in [4.69, 9.17) is 23.2 Å². The number of hydrogen-bond donors (Lipinski definition) is 0. The van der Waals surface area contributed by atoms with Crippen LogP contribution in [0.15, 0.2) is 30.7 Å². The van der Waals surface area contributed by atoms with Gasteiger partial charge in [0.25, 0.3) is 0 Å². The molecule has 1 aromatic carbocycles. The Morgan fingerprint density at radius 2 is 2.20 bits per heavy atom. The zero-order valence-electron chi connectivity index (χ0n) is 8.24. The van der Waals surface area contributed by atoms with Gasteiger partial charge in [-0.15, -0.1) is 11.6 Å². The number of nitrogens with zero attached hydrogens (tertiary/aromatic N) is 2. The summed E-state index contributed by atoms with van der Waals surface area (Å²) >= 11 is 11.8. The van der Waals surface area contributed by atoms with Crippen molar-refractivity contribution in [3.8, 4) is 5.69 Å². The van der Waals surface area contributed by atoms with E-state index in [1.807, 2.05) is 35.9 Å². The normalized spacial score (nSPS) is 10.6. The summed E-state index contributed by atoms with van der Waals surface area (Å²) in [5.41, 5.74) is 2.94. The van der Waals surface area contributed by atoms with Crippen LogP contribution in [0.4, 0.5) is 0 Å². The Bertz CT molecular complexity index is 477. The van der Waals surface area contributed by atoms with Crippen LogP contribution in [-0.2, 0) is 5.88 Å². The van der Waals surface area contributed by atoms with Crippen LogP contribution in [0.5, 0.6) is 0 Å². The molecule has 4 heteroatoms. The zero-order valence-corrected chi connectivity index (χ0v) is 9.76. The molecule has 0 unspecified atom stereocenters. The van der Waals surface area contributed by atoms with Crippen LogP contribution in [0, 0.1) is 6.92 Å². The second-order valence-corrected chi connectivity index (χ2v) is 4.04. The van der Waals surface area contributed by atoms with E-state index in [0.29, 0.717) is 10.9 Å². The molecule has 2 aromatic rings. The third-order valence-corrected chi connectivity index (χ3v) is 2.75. The number of aryl methyl sites for hydroxylation is 1. The fourth-order valence-corrected chi connectivity index (χ4v) is 1.74. The lowest BCUT2D eigenvalue weighted by atomic mass is 10.2. The Kier molecular flexibility index (Phi) is 2.98. The lowest BCUT2D eigenvalue weighted by Crippen LogP contribution is -1.91. The van der Waals surface area contributed by atoms with Crippen LogP contribution in [0.3, 0.4) is 0 Å². The summed E-state index contributed by atoms with van der Waals surface area (Å²) in [4.78, 5) is 4.15. The molecule has 0 N–H and O–H groups in total. The van der Waals surface area contributed by atoms with E-state index < -0.39 is 0 Å². The van der Waals surface area contributed by atoms with Gasteiger partial charge in [-0.1, -0.05) is 17.7 Å². The minimum atomic E-state index is 0.413.